The van der Waals surface area contributed by atoms with Crippen LogP contribution in [-0.2, 0) is 12.8 Å². The Labute approximate surface area is 119 Å². The van der Waals surface area contributed by atoms with Gasteiger partial charge in [0.1, 0.15) is 0 Å². The van der Waals surface area contributed by atoms with Gasteiger partial charge in [-0.3, -0.25) is 0 Å². The smallest absolute Gasteiger partial charge is 0.0406 e. The van der Waals surface area contributed by atoms with Crippen molar-refractivity contribution < 1.29 is 0 Å². The summed E-state index contributed by atoms with van der Waals surface area (Å²) in [4.78, 5) is 0. The van der Waals surface area contributed by atoms with Crippen molar-refractivity contribution in [2.24, 2.45) is 5.92 Å². The van der Waals surface area contributed by atoms with Crippen LogP contribution in [0.15, 0.2) is 48.5 Å². The predicted molar refractivity (Wildman–Crippen MR) is 80.6 cm³/mol. The molecule has 0 radical (unpaired) electrons. The van der Waals surface area contributed by atoms with Crippen LogP contribution in [0, 0.1) is 5.92 Å². The Morgan fingerprint density at radius 3 is 2.11 bits per heavy atom. The number of hydrogen-bond acceptors (Lipinski definition) is 1. The van der Waals surface area contributed by atoms with E-state index in [9.17, 15) is 0 Å². The minimum atomic E-state index is 0.393. The Kier molecular flexibility index (Phi) is 3.58. The van der Waals surface area contributed by atoms with Gasteiger partial charge in [0.25, 0.3) is 0 Å². The number of rotatable bonds is 3. The van der Waals surface area contributed by atoms with Crippen LogP contribution in [-0.4, -0.2) is 7.05 Å². The second-order valence-corrected chi connectivity index (χ2v) is 5.69. The van der Waals surface area contributed by atoms with Crippen LogP contribution in [0.2, 0.25) is 5.02 Å². The lowest BCUT2D eigenvalue weighted by atomic mass is 9.91. The van der Waals surface area contributed by atoms with Gasteiger partial charge in [0, 0.05) is 11.1 Å². The molecule has 2 aromatic rings. The monoisotopic (exact) mass is 271 g/mol. The first-order valence-corrected chi connectivity index (χ1v) is 7.15. The third-order valence-electron chi connectivity index (χ3n) is 4.09. The maximum atomic E-state index is 5.97. The number of benzene rings is 2. The molecule has 0 saturated heterocycles. The van der Waals surface area contributed by atoms with Gasteiger partial charge >= 0.3 is 0 Å². The summed E-state index contributed by atoms with van der Waals surface area (Å²) >= 11 is 5.97. The van der Waals surface area contributed by atoms with Gasteiger partial charge < -0.3 is 5.32 Å². The van der Waals surface area contributed by atoms with Crippen LogP contribution < -0.4 is 5.32 Å². The SMILES string of the molecule is CNC(c1ccc(Cl)cc1)C1Cc2ccccc2C1. The van der Waals surface area contributed by atoms with E-state index in [0.717, 1.165) is 17.9 Å². The quantitative estimate of drug-likeness (QED) is 0.889. The Hall–Kier alpha value is -1.31. The molecule has 1 nitrogen and oxygen atoms in total. The van der Waals surface area contributed by atoms with Crippen LogP contribution in [0.4, 0.5) is 0 Å². The molecule has 1 unspecified atom stereocenters. The predicted octanol–water partition coefficient (Wildman–Crippen LogP) is 4.02. The van der Waals surface area contributed by atoms with E-state index < -0.39 is 0 Å². The molecule has 0 saturated carbocycles. The largest absolute Gasteiger partial charge is 0.313 e. The first kappa shape index (κ1) is 12.7. The van der Waals surface area contributed by atoms with Crippen LogP contribution in [0.25, 0.3) is 0 Å². The molecule has 1 atom stereocenters. The average Bonchev–Trinajstić information content (AvgIpc) is 2.85. The zero-order valence-electron chi connectivity index (χ0n) is 11.1. The van der Waals surface area contributed by atoms with E-state index in [1.165, 1.54) is 16.7 Å². The molecule has 3 rings (SSSR count). The summed E-state index contributed by atoms with van der Waals surface area (Å²) in [7, 11) is 2.04. The standard InChI is InChI=1S/C17H18ClN/c1-19-17(12-6-8-16(18)9-7-12)15-10-13-4-2-3-5-14(13)11-15/h2-9,15,17,19H,10-11H2,1H3. The van der Waals surface area contributed by atoms with Gasteiger partial charge in [-0.2, -0.15) is 0 Å². The highest BCUT2D eigenvalue weighted by Crippen LogP contribution is 2.35. The second-order valence-electron chi connectivity index (χ2n) is 5.25. The van der Waals surface area contributed by atoms with E-state index in [0.29, 0.717) is 12.0 Å². The molecule has 0 aromatic heterocycles. The summed E-state index contributed by atoms with van der Waals surface area (Å²) in [6.45, 7) is 0. The number of hydrogen-bond donors (Lipinski definition) is 1. The molecule has 98 valence electrons. The molecule has 1 aliphatic carbocycles. The van der Waals surface area contributed by atoms with Gasteiger partial charge in [-0.25, -0.2) is 0 Å². The van der Waals surface area contributed by atoms with Gasteiger partial charge in [-0.15, -0.1) is 0 Å². The molecule has 0 bridgehead atoms. The fraction of sp³-hybridized carbons (Fsp3) is 0.294. The van der Waals surface area contributed by atoms with Crippen molar-refractivity contribution in [3.63, 3.8) is 0 Å². The molecule has 0 amide bonds. The lowest BCUT2D eigenvalue weighted by Crippen LogP contribution is -2.25. The maximum Gasteiger partial charge on any atom is 0.0406 e. The molecular formula is C17H18ClN. The van der Waals surface area contributed by atoms with Crippen molar-refractivity contribution in [3.8, 4) is 0 Å². The van der Waals surface area contributed by atoms with E-state index in [1.54, 1.807) is 0 Å². The highest BCUT2D eigenvalue weighted by atomic mass is 35.5. The molecule has 19 heavy (non-hydrogen) atoms. The van der Waals surface area contributed by atoms with E-state index in [1.807, 2.05) is 19.2 Å². The lowest BCUT2D eigenvalue weighted by molar-refractivity contribution is 0.397. The molecule has 2 aromatic carbocycles. The maximum absolute atomic E-state index is 5.97. The first-order valence-electron chi connectivity index (χ1n) is 6.77. The topological polar surface area (TPSA) is 12.0 Å². The zero-order valence-corrected chi connectivity index (χ0v) is 11.8. The highest BCUT2D eigenvalue weighted by molar-refractivity contribution is 6.30. The van der Waals surface area contributed by atoms with Gasteiger partial charge in [0.2, 0.25) is 0 Å². The zero-order chi connectivity index (χ0) is 13.2. The van der Waals surface area contributed by atoms with Crippen molar-refractivity contribution >= 4 is 11.6 Å². The molecule has 1 aliphatic rings. The third kappa shape index (κ3) is 2.54. The Balaban J connectivity index is 1.83. The summed E-state index contributed by atoms with van der Waals surface area (Å²) in [5, 5.41) is 4.27. The van der Waals surface area contributed by atoms with Crippen LogP contribution in [0.5, 0.6) is 0 Å². The number of halogens is 1. The van der Waals surface area contributed by atoms with Gasteiger partial charge in [0.05, 0.1) is 0 Å². The van der Waals surface area contributed by atoms with E-state index in [4.69, 9.17) is 11.6 Å². The summed E-state index contributed by atoms with van der Waals surface area (Å²) in [6.07, 6.45) is 2.31. The van der Waals surface area contributed by atoms with E-state index in [2.05, 4.69) is 41.7 Å². The molecule has 1 N–H and O–H groups in total. The van der Waals surface area contributed by atoms with Crippen LogP contribution in [0.1, 0.15) is 22.7 Å². The third-order valence-corrected chi connectivity index (χ3v) is 4.35. The van der Waals surface area contributed by atoms with Crippen molar-refractivity contribution in [1.82, 2.24) is 5.32 Å². The second kappa shape index (κ2) is 5.36. The van der Waals surface area contributed by atoms with Gasteiger partial charge in [-0.05, 0) is 54.6 Å². The van der Waals surface area contributed by atoms with Crippen molar-refractivity contribution in [3.05, 3.63) is 70.2 Å². The lowest BCUT2D eigenvalue weighted by Gasteiger charge is -2.23. The molecule has 0 fully saturated rings. The fourth-order valence-corrected chi connectivity index (χ4v) is 3.30. The minimum absolute atomic E-state index is 0.393. The van der Waals surface area contributed by atoms with Crippen LogP contribution in [0.3, 0.4) is 0 Å². The molecule has 2 heteroatoms. The Bertz CT molecular complexity index is 537. The summed E-state index contributed by atoms with van der Waals surface area (Å²) in [5.41, 5.74) is 4.33. The Morgan fingerprint density at radius 1 is 1.00 bits per heavy atom. The Morgan fingerprint density at radius 2 is 1.58 bits per heavy atom. The highest BCUT2D eigenvalue weighted by Gasteiger charge is 2.28. The summed E-state index contributed by atoms with van der Waals surface area (Å²) in [5.74, 6) is 0.628. The molecular weight excluding hydrogens is 254 g/mol. The number of nitrogens with one attached hydrogen (secondary N) is 1. The number of fused-ring (bicyclic) bond motifs is 1. The normalized spacial score (nSPS) is 16.3. The van der Waals surface area contributed by atoms with E-state index >= 15 is 0 Å². The molecule has 0 aliphatic heterocycles. The summed E-state index contributed by atoms with van der Waals surface area (Å²) < 4.78 is 0. The van der Waals surface area contributed by atoms with Gasteiger partial charge in [-0.1, -0.05) is 48.0 Å². The minimum Gasteiger partial charge on any atom is -0.313 e. The van der Waals surface area contributed by atoms with Crippen molar-refractivity contribution in [2.75, 3.05) is 7.05 Å². The fourth-order valence-electron chi connectivity index (χ4n) is 3.17. The first-order chi connectivity index (χ1) is 9.28. The van der Waals surface area contributed by atoms with E-state index in [-0.39, 0.29) is 0 Å². The van der Waals surface area contributed by atoms with Crippen molar-refractivity contribution in [1.29, 1.82) is 0 Å². The molecule has 0 heterocycles. The molecule has 0 spiro atoms. The van der Waals surface area contributed by atoms with Crippen molar-refractivity contribution in [2.45, 2.75) is 18.9 Å². The summed E-state index contributed by atoms with van der Waals surface area (Å²) in [6, 6.07) is 17.4. The van der Waals surface area contributed by atoms with Gasteiger partial charge in [0.15, 0.2) is 0 Å². The van der Waals surface area contributed by atoms with Crippen LogP contribution >= 0.6 is 11.6 Å². The average molecular weight is 272 g/mol.